The maximum absolute atomic E-state index is 13.6. The van der Waals surface area contributed by atoms with Crippen molar-refractivity contribution < 1.29 is 19.0 Å². The molecule has 1 N–H and O–H groups in total. The molecule has 0 saturated carbocycles. The number of unbranched alkanes of at least 4 members (excludes halogenated alkanes) is 3. The molecule has 1 aromatic rings. The van der Waals surface area contributed by atoms with Crippen LogP contribution in [0.2, 0.25) is 0 Å². The predicted molar refractivity (Wildman–Crippen MR) is 72.2 cm³/mol. The van der Waals surface area contributed by atoms with Gasteiger partial charge >= 0.3 is 5.97 Å². The highest BCUT2D eigenvalue weighted by molar-refractivity contribution is 5.87. The summed E-state index contributed by atoms with van der Waals surface area (Å²) >= 11 is 0. The second-order valence-electron chi connectivity index (χ2n) is 4.73. The molecule has 3 nitrogen and oxygen atoms in total. The van der Waals surface area contributed by atoms with Crippen molar-refractivity contribution in [3.8, 4) is 5.75 Å². The van der Waals surface area contributed by atoms with Crippen molar-refractivity contribution in [3.05, 3.63) is 29.6 Å². The largest absolute Gasteiger partial charge is 0.488 e. The van der Waals surface area contributed by atoms with Crippen molar-refractivity contribution in [2.24, 2.45) is 0 Å². The van der Waals surface area contributed by atoms with E-state index in [1.54, 1.807) is 0 Å². The van der Waals surface area contributed by atoms with Gasteiger partial charge in [-0.25, -0.2) is 9.18 Å². The SMILES string of the molecule is CCCCCCC(C)Oc1ccc(C(=O)O)cc1F. The number of aromatic carboxylic acids is 1. The van der Waals surface area contributed by atoms with Crippen LogP contribution in [0, 0.1) is 5.82 Å². The third kappa shape index (κ3) is 5.28. The Morgan fingerprint density at radius 3 is 2.68 bits per heavy atom. The van der Waals surface area contributed by atoms with E-state index < -0.39 is 11.8 Å². The molecular formula is C15H21FO3. The summed E-state index contributed by atoms with van der Waals surface area (Å²) in [6.07, 6.45) is 5.41. The second kappa shape index (κ2) is 7.77. The molecule has 0 amide bonds. The second-order valence-corrected chi connectivity index (χ2v) is 4.73. The maximum atomic E-state index is 13.6. The molecule has 0 heterocycles. The summed E-state index contributed by atoms with van der Waals surface area (Å²) in [7, 11) is 0. The molecule has 0 aliphatic rings. The maximum Gasteiger partial charge on any atom is 0.335 e. The molecule has 0 radical (unpaired) electrons. The highest BCUT2D eigenvalue weighted by Crippen LogP contribution is 2.21. The van der Waals surface area contributed by atoms with E-state index in [0.29, 0.717) is 0 Å². The quantitative estimate of drug-likeness (QED) is 0.716. The van der Waals surface area contributed by atoms with Crippen molar-refractivity contribution in [3.63, 3.8) is 0 Å². The number of carboxylic acid groups (broad SMARTS) is 1. The first kappa shape index (κ1) is 15.5. The lowest BCUT2D eigenvalue weighted by Gasteiger charge is -2.15. The number of carboxylic acids is 1. The summed E-state index contributed by atoms with van der Waals surface area (Å²) in [5.41, 5.74) is -0.0690. The highest BCUT2D eigenvalue weighted by Gasteiger charge is 2.11. The molecule has 1 unspecified atom stereocenters. The van der Waals surface area contributed by atoms with E-state index in [-0.39, 0.29) is 17.4 Å². The zero-order valence-corrected chi connectivity index (χ0v) is 11.5. The van der Waals surface area contributed by atoms with Crippen LogP contribution in [-0.4, -0.2) is 17.2 Å². The van der Waals surface area contributed by atoms with Crippen LogP contribution < -0.4 is 4.74 Å². The molecule has 0 spiro atoms. The summed E-state index contributed by atoms with van der Waals surface area (Å²) in [5.74, 6) is -1.65. The lowest BCUT2D eigenvalue weighted by atomic mass is 10.1. The Morgan fingerprint density at radius 1 is 1.37 bits per heavy atom. The zero-order valence-electron chi connectivity index (χ0n) is 11.5. The van der Waals surface area contributed by atoms with Crippen molar-refractivity contribution in [1.29, 1.82) is 0 Å². The van der Waals surface area contributed by atoms with Gasteiger partial charge in [0.05, 0.1) is 11.7 Å². The number of hydrogen-bond donors (Lipinski definition) is 1. The minimum atomic E-state index is -1.14. The van der Waals surface area contributed by atoms with Gasteiger partial charge in [0.2, 0.25) is 0 Å². The Kier molecular flexibility index (Phi) is 6.33. The molecule has 0 saturated heterocycles. The average molecular weight is 268 g/mol. The Labute approximate surface area is 113 Å². The normalized spacial score (nSPS) is 12.2. The first-order valence-corrected chi connectivity index (χ1v) is 6.74. The van der Waals surface area contributed by atoms with Gasteiger partial charge in [-0.05, 0) is 38.0 Å². The standard InChI is InChI=1S/C15H21FO3/c1-3-4-5-6-7-11(2)19-14-9-8-12(15(17)18)10-13(14)16/h8-11H,3-7H2,1-2H3,(H,17,18). The van der Waals surface area contributed by atoms with E-state index in [9.17, 15) is 9.18 Å². The minimum absolute atomic E-state index is 0.0676. The predicted octanol–water partition coefficient (Wildman–Crippen LogP) is 4.26. The van der Waals surface area contributed by atoms with Crippen LogP contribution in [0.5, 0.6) is 5.75 Å². The smallest absolute Gasteiger partial charge is 0.335 e. The molecular weight excluding hydrogens is 247 g/mol. The molecule has 0 bridgehead atoms. The number of halogens is 1. The first-order valence-electron chi connectivity index (χ1n) is 6.74. The molecule has 1 atom stereocenters. The van der Waals surface area contributed by atoms with Crippen molar-refractivity contribution in [1.82, 2.24) is 0 Å². The molecule has 106 valence electrons. The number of rotatable bonds is 8. The number of ether oxygens (including phenoxy) is 1. The van der Waals surface area contributed by atoms with Gasteiger partial charge in [0.1, 0.15) is 0 Å². The van der Waals surface area contributed by atoms with Crippen LogP contribution in [0.15, 0.2) is 18.2 Å². The summed E-state index contributed by atoms with van der Waals surface area (Å²) in [6.45, 7) is 4.05. The fraction of sp³-hybridized carbons (Fsp3) is 0.533. The Hall–Kier alpha value is -1.58. The van der Waals surface area contributed by atoms with Gasteiger partial charge in [-0.3, -0.25) is 0 Å². The van der Waals surface area contributed by atoms with E-state index in [0.717, 1.165) is 25.3 Å². The molecule has 0 aliphatic heterocycles. The Bertz CT molecular complexity index is 418. The summed E-state index contributed by atoms with van der Waals surface area (Å²) < 4.78 is 19.1. The van der Waals surface area contributed by atoms with Crippen molar-refractivity contribution >= 4 is 5.97 Å². The van der Waals surface area contributed by atoms with Crippen LogP contribution in [0.1, 0.15) is 56.3 Å². The fourth-order valence-electron chi connectivity index (χ4n) is 1.86. The van der Waals surface area contributed by atoms with E-state index in [2.05, 4.69) is 6.92 Å². The van der Waals surface area contributed by atoms with Crippen LogP contribution in [-0.2, 0) is 0 Å². The number of carbonyl (C=O) groups is 1. The summed E-state index contributed by atoms with van der Waals surface area (Å²) in [4.78, 5) is 10.7. The summed E-state index contributed by atoms with van der Waals surface area (Å²) in [5, 5.41) is 8.74. The van der Waals surface area contributed by atoms with E-state index in [1.807, 2.05) is 6.92 Å². The van der Waals surface area contributed by atoms with Crippen LogP contribution in [0.3, 0.4) is 0 Å². The van der Waals surface area contributed by atoms with E-state index in [4.69, 9.17) is 9.84 Å². The minimum Gasteiger partial charge on any atom is -0.488 e. The summed E-state index contributed by atoms with van der Waals surface area (Å²) in [6, 6.07) is 3.72. The lowest BCUT2D eigenvalue weighted by Crippen LogP contribution is -2.12. The first-order chi connectivity index (χ1) is 9.04. The van der Waals surface area contributed by atoms with Gasteiger partial charge < -0.3 is 9.84 Å². The van der Waals surface area contributed by atoms with Gasteiger partial charge in [-0.1, -0.05) is 26.2 Å². The third-order valence-electron chi connectivity index (χ3n) is 2.97. The van der Waals surface area contributed by atoms with Gasteiger partial charge in [0.25, 0.3) is 0 Å². The molecule has 1 rings (SSSR count). The van der Waals surface area contributed by atoms with Crippen LogP contribution >= 0.6 is 0 Å². The molecule has 4 heteroatoms. The Balaban J connectivity index is 2.50. The zero-order chi connectivity index (χ0) is 14.3. The number of benzene rings is 1. The van der Waals surface area contributed by atoms with Gasteiger partial charge in [-0.15, -0.1) is 0 Å². The average Bonchev–Trinajstić information content (AvgIpc) is 2.37. The topological polar surface area (TPSA) is 46.5 Å². The Morgan fingerprint density at radius 2 is 2.11 bits per heavy atom. The van der Waals surface area contributed by atoms with Gasteiger partial charge in [-0.2, -0.15) is 0 Å². The van der Waals surface area contributed by atoms with Crippen molar-refractivity contribution in [2.45, 2.75) is 52.1 Å². The van der Waals surface area contributed by atoms with Crippen LogP contribution in [0.4, 0.5) is 4.39 Å². The van der Waals surface area contributed by atoms with Crippen molar-refractivity contribution in [2.75, 3.05) is 0 Å². The van der Waals surface area contributed by atoms with E-state index in [1.165, 1.54) is 25.0 Å². The lowest BCUT2D eigenvalue weighted by molar-refractivity contribution is 0.0696. The molecule has 0 aromatic heterocycles. The van der Waals surface area contributed by atoms with E-state index >= 15 is 0 Å². The molecule has 1 aromatic carbocycles. The highest BCUT2D eigenvalue weighted by atomic mass is 19.1. The van der Waals surface area contributed by atoms with Crippen LogP contribution in [0.25, 0.3) is 0 Å². The molecule has 0 aliphatic carbocycles. The fourth-order valence-corrected chi connectivity index (χ4v) is 1.86. The van der Waals surface area contributed by atoms with Gasteiger partial charge in [0.15, 0.2) is 11.6 Å². The van der Waals surface area contributed by atoms with Gasteiger partial charge in [0, 0.05) is 0 Å². The molecule has 0 fully saturated rings. The third-order valence-corrected chi connectivity index (χ3v) is 2.97. The monoisotopic (exact) mass is 268 g/mol. The molecule has 19 heavy (non-hydrogen) atoms. The number of hydrogen-bond acceptors (Lipinski definition) is 2.